The lowest BCUT2D eigenvalue weighted by atomic mass is 10.1. The maximum Gasteiger partial charge on any atom is 0.158 e. The predicted molar refractivity (Wildman–Crippen MR) is 95.8 cm³/mol. The van der Waals surface area contributed by atoms with Gasteiger partial charge in [-0.15, -0.1) is 0 Å². The molecule has 1 N–H and O–H groups in total. The summed E-state index contributed by atoms with van der Waals surface area (Å²) in [6, 6.07) is 5.89. The number of pyridine rings is 1. The fourth-order valence-electron chi connectivity index (χ4n) is 3.02. The standard InChI is InChI=1S/C17H18N6S/c24-17-14(13-5-4-6-18-10-13)11-21-23(17)16-9-15(19-12-20-16)22-7-2-1-3-8-22/h4-6,9-12,21H,1-3,7-8H2. The number of H-pyrrole nitrogens is 1. The van der Waals surface area contributed by atoms with Crippen molar-refractivity contribution in [2.24, 2.45) is 0 Å². The van der Waals surface area contributed by atoms with Gasteiger partial charge in [0, 0.05) is 48.9 Å². The second-order valence-electron chi connectivity index (χ2n) is 5.85. The lowest BCUT2D eigenvalue weighted by Gasteiger charge is -2.27. The first-order chi connectivity index (χ1) is 11.8. The van der Waals surface area contributed by atoms with Crippen molar-refractivity contribution in [1.82, 2.24) is 24.7 Å². The van der Waals surface area contributed by atoms with E-state index in [9.17, 15) is 0 Å². The van der Waals surface area contributed by atoms with Crippen molar-refractivity contribution >= 4 is 18.0 Å². The van der Waals surface area contributed by atoms with Gasteiger partial charge >= 0.3 is 0 Å². The first kappa shape index (κ1) is 15.0. The highest BCUT2D eigenvalue weighted by Gasteiger charge is 2.14. The average molecular weight is 338 g/mol. The highest BCUT2D eigenvalue weighted by Crippen LogP contribution is 2.23. The summed E-state index contributed by atoms with van der Waals surface area (Å²) < 4.78 is 2.50. The molecule has 1 fully saturated rings. The molecule has 0 radical (unpaired) electrons. The normalized spacial score (nSPS) is 14.8. The summed E-state index contributed by atoms with van der Waals surface area (Å²) in [6.45, 7) is 2.10. The zero-order chi connectivity index (χ0) is 16.4. The van der Waals surface area contributed by atoms with E-state index in [0.717, 1.165) is 35.9 Å². The Labute approximate surface area is 145 Å². The van der Waals surface area contributed by atoms with Gasteiger partial charge in [-0.25, -0.2) is 14.6 Å². The van der Waals surface area contributed by atoms with Gasteiger partial charge in [0.25, 0.3) is 0 Å². The van der Waals surface area contributed by atoms with Crippen molar-refractivity contribution in [3.05, 3.63) is 47.8 Å². The minimum atomic E-state index is 0.686. The van der Waals surface area contributed by atoms with Gasteiger partial charge in [-0.05, 0) is 25.3 Å². The lowest BCUT2D eigenvalue weighted by Crippen LogP contribution is -2.30. The lowest BCUT2D eigenvalue weighted by molar-refractivity contribution is 0.572. The number of aromatic nitrogens is 5. The minimum Gasteiger partial charge on any atom is -0.356 e. The van der Waals surface area contributed by atoms with Gasteiger partial charge in [-0.3, -0.25) is 10.1 Å². The fourth-order valence-corrected chi connectivity index (χ4v) is 3.35. The van der Waals surface area contributed by atoms with Crippen LogP contribution in [0.15, 0.2) is 43.1 Å². The molecule has 122 valence electrons. The van der Waals surface area contributed by atoms with E-state index in [2.05, 4.69) is 25.0 Å². The molecule has 7 heteroatoms. The van der Waals surface area contributed by atoms with E-state index in [-0.39, 0.29) is 0 Å². The van der Waals surface area contributed by atoms with Gasteiger partial charge in [0.15, 0.2) is 5.82 Å². The van der Waals surface area contributed by atoms with Crippen molar-refractivity contribution in [3.63, 3.8) is 0 Å². The van der Waals surface area contributed by atoms with Crippen LogP contribution in [0.1, 0.15) is 19.3 Å². The molecule has 0 saturated carbocycles. The first-order valence-corrected chi connectivity index (χ1v) is 8.52. The maximum absolute atomic E-state index is 5.62. The van der Waals surface area contributed by atoms with Crippen molar-refractivity contribution in [3.8, 4) is 16.9 Å². The molecule has 0 atom stereocenters. The number of piperidine rings is 1. The van der Waals surface area contributed by atoms with E-state index in [4.69, 9.17) is 12.2 Å². The molecule has 0 aromatic carbocycles. The van der Waals surface area contributed by atoms with Crippen LogP contribution in [0.3, 0.4) is 0 Å². The molecule has 0 amide bonds. The Bertz CT molecular complexity index is 879. The van der Waals surface area contributed by atoms with Crippen molar-refractivity contribution < 1.29 is 0 Å². The summed E-state index contributed by atoms with van der Waals surface area (Å²) in [5, 5.41) is 3.19. The summed E-state index contributed by atoms with van der Waals surface area (Å²) in [5.74, 6) is 1.71. The molecule has 0 spiro atoms. The molecule has 4 rings (SSSR count). The third kappa shape index (κ3) is 2.82. The summed E-state index contributed by atoms with van der Waals surface area (Å²) in [4.78, 5) is 15.3. The molecular formula is C17H18N6S. The summed E-state index contributed by atoms with van der Waals surface area (Å²) >= 11 is 5.62. The van der Waals surface area contributed by atoms with E-state index in [1.54, 1.807) is 12.5 Å². The first-order valence-electron chi connectivity index (χ1n) is 8.11. The Morgan fingerprint density at radius 2 is 1.92 bits per heavy atom. The van der Waals surface area contributed by atoms with Gasteiger partial charge in [0.05, 0.1) is 0 Å². The smallest absolute Gasteiger partial charge is 0.158 e. The molecular weight excluding hydrogens is 320 g/mol. The van der Waals surface area contributed by atoms with Gasteiger partial charge in [-0.2, -0.15) is 0 Å². The van der Waals surface area contributed by atoms with E-state index in [1.807, 2.05) is 35.3 Å². The quantitative estimate of drug-likeness (QED) is 0.742. The molecule has 4 heterocycles. The van der Waals surface area contributed by atoms with Crippen LogP contribution >= 0.6 is 12.2 Å². The molecule has 1 saturated heterocycles. The van der Waals surface area contributed by atoms with Crippen molar-refractivity contribution in [1.29, 1.82) is 0 Å². The fraction of sp³-hybridized carbons (Fsp3) is 0.294. The van der Waals surface area contributed by atoms with Crippen LogP contribution in [0, 0.1) is 4.64 Å². The van der Waals surface area contributed by atoms with Crippen LogP contribution < -0.4 is 4.90 Å². The third-order valence-electron chi connectivity index (χ3n) is 4.29. The zero-order valence-electron chi connectivity index (χ0n) is 13.2. The summed E-state index contributed by atoms with van der Waals surface area (Å²) in [6.07, 6.45) is 10.8. The topological polar surface area (TPSA) is 62.6 Å². The van der Waals surface area contributed by atoms with Crippen LogP contribution in [-0.2, 0) is 0 Å². The number of hydrogen-bond donors (Lipinski definition) is 1. The second kappa shape index (κ2) is 6.52. The van der Waals surface area contributed by atoms with Crippen LogP contribution in [-0.4, -0.2) is 37.8 Å². The predicted octanol–water partition coefficient (Wildman–Crippen LogP) is 3.38. The van der Waals surface area contributed by atoms with Crippen LogP contribution in [0.5, 0.6) is 0 Å². The Morgan fingerprint density at radius 1 is 1.08 bits per heavy atom. The Morgan fingerprint density at radius 3 is 2.71 bits per heavy atom. The van der Waals surface area contributed by atoms with Crippen molar-refractivity contribution in [2.45, 2.75) is 19.3 Å². The number of anilines is 1. The largest absolute Gasteiger partial charge is 0.356 e. The molecule has 1 aliphatic heterocycles. The summed E-state index contributed by atoms with van der Waals surface area (Å²) in [7, 11) is 0. The summed E-state index contributed by atoms with van der Waals surface area (Å²) in [5.41, 5.74) is 1.93. The number of nitrogens with zero attached hydrogens (tertiary/aromatic N) is 5. The molecule has 0 unspecified atom stereocenters. The number of nitrogens with one attached hydrogen (secondary N) is 1. The zero-order valence-corrected chi connectivity index (χ0v) is 14.0. The average Bonchev–Trinajstić information content (AvgIpc) is 3.05. The highest BCUT2D eigenvalue weighted by atomic mass is 32.1. The molecule has 0 bridgehead atoms. The van der Waals surface area contributed by atoms with Crippen LogP contribution in [0.25, 0.3) is 16.9 Å². The van der Waals surface area contributed by atoms with Gasteiger partial charge in [0.2, 0.25) is 0 Å². The minimum absolute atomic E-state index is 0.686. The molecule has 3 aromatic rings. The molecule has 0 aliphatic carbocycles. The van der Waals surface area contributed by atoms with Crippen LogP contribution in [0.2, 0.25) is 0 Å². The second-order valence-corrected chi connectivity index (χ2v) is 6.24. The number of aromatic amines is 1. The van der Waals surface area contributed by atoms with Crippen molar-refractivity contribution in [2.75, 3.05) is 18.0 Å². The van der Waals surface area contributed by atoms with Gasteiger partial charge < -0.3 is 4.90 Å². The Balaban J connectivity index is 1.70. The SMILES string of the molecule is S=c1c(-c2cccnc2)c[nH]n1-c1cc(N2CCCCC2)ncn1. The molecule has 1 aliphatic rings. The third-order valence-corrected chi connectivity index (χ3v) is 4.69. The van der Waals surface area contributed by atoms with Gasteiger partial charge in [-0.1, -0.05) is 18.3 Å². The highest BCUT2D eigenvalue weighted by molar-refractivity contribution is 7.71. The Kier molecular flexibility index (Phi) is 4.08. The number of hydrogen-bond acceptors (Lipinski definition) is 5. The monoisotopic (exact) mass is 338 g/mol. The maximum atomic E-state index is 5.62. The van der Waals surface area contributed by atoms with Gasteiger partial charge in [0.1, 0.15) is 16.8 Å². The van der Waals surface area contributed by atoms with E-state index < -0.39 is 0 Å². The molecule has 24 heavy (non-hydrogen) atoms. The number of rotatable bonds is 3. The molecule has 3 aromatic heterocycles. The molecule has 6 nitrogen and oxygen atoms in total. The van der Waals surface area contributed by atoms with Crippen LogP contribution in [0.4, 0.5) is 5.82 Å². The van der Waals surface area contributed by atoms with E-state index >= 15 is 0 Å². The Hall–Kier alpha value is -2.54. The van der Waals surface area contributed by atoms with E-state index in [1.165, 1.54) is 19.3 Å². The van der Waals surface area contributed by atoms with E-state index in [0.29, 0.717) is 4.64 Å².